The highest BCUT2D eigenvalue weighted by molar-refractivity contribution is 7.98. The van der Waals surface area contributed by atoms with Crippen LogP contribution in [0.5, 0.6) is 0 Å². The van der Waals surface area contributed by atoms with Crippen molar-refractivity contribution in [3.05, 3.63) is 24.3 Å². The van der Waals surface area contributed by atoms with Crippen molar-refractivity contribution in [2.75, 3.05) is 44.4 Å². The SMILES string of the molecule is CSc1nnnn1-c1cccc(NC(=O)N2CCN(C(=O)C3CCCO3)CC2)c1. The maximum atomic E-state index is 12.7. The molecule has 154 valence electrons. The van der Waals surface area contributed by atoms with Crippen LogP contribution in [0.1, 0.15) is 12.8 Å². The molecule has 1 aromatic carbocycles. The zero-order valence-electron chi connectivity index (χ0n) is 16.2. The second kappa shape index (κ2) is 8.78. The number of thioether (sulfide) groups is 1. The van der Waals surface area contributed by atoms with Crippen LogP contribution in [0.25, 0.3) is 5.69 Å². The second-order valence-electron chi connectivity index (χ2n) is 6.87. The van der Waals surface area contributed by atoms with Crippen LogP contribution in [-0.4, -0.2) is 87.1 Å². The van der Waals surface area contributed by atoms with Gasteiger partial charge in [0, 0.05) is 38.5 Å². The summed E-state index contributed by atoms with van der Waals surface area (Å²) < 4.78 is 7.10. The van der Waals surface area contributed by atoms with E-state index in [0.717, 1.165) is 18.5 Å². The van der Waals surface area contributed by atoms with Gasteiger partial charge < -0.3 is 19.9 Å². The van der Waals surface area contributed by atoms with Gasteiger partial charge in [-0.05, 0) is 47.7 Å². The van der Waals surface area contributed by atoms with Crippen LogP contribution in [0.15, 0.2) is 29.4 Å². The molecule has 0 aliphatic carbocycles. The normalized spacial score (nSPS) is 19.4. The molecule has 3 amide bonds. The molecule has 1 aromatic heterocycles. The zero-order valence-corrected chi connectivity index (χ0v) is 17.0. The third-order valence-corrected chi connectivity index (χ3v) is 5.67. The Labute approximate surface area is 172 Å². The van der Waals surface area contributed by atoms with Crippen LogP contribution < -0.4 is 5.32 Å². The van der Waals surface area contributed by atoms with E-state index in [0.29, 0.717) is 43.6 Å². The number of hydrogen-bond acceptors (Lipinski definition) is 7. The van der Waals surface area contributed by atoms with Crippen molar-refractivity contribution in [1.82, 2.24) is 30.0 Å². The van der Waals surface area contributed by atoms with Crippen molar-refractivity contribution < 1.29 is 14.3 Å². The topological polar surface area (TPSA) is 105 Å². The Balaban J connectivity index is 1.34. The van der Waals surface area contributed by atoms with Crippen LogP contribution >= 0.6 is 11.8 Å². The molecule has 2 saturated heterocycles. The van der Waals surface area contributed by atoms with E-state index in [4.69, 9.17) is 4.74 Å². The van der Waals surface area contributed by atoms with E-state index in [1.54, 1.807) is 14.5 Å². The van der Waals surface area contributed by atoms with Gasteiger partial charge in [-0.1, -0.05) is 17.8 Å². The highest BCUT2D eigenvalue weighted by Gasteiger charge is 2.31. The quantitative estimate of drug-likeness (QED) is 0.746. The third-order valence-electron chi connectivity index (χ3n) is 5.05. The van der Waals surface area contributed by atoms with E-state index in [9.17, 15) is 9.59 Å². The Morgan fingerprint density at radius 1 is 1.21 bits per heavy atom. The van der Waals surface area contributed by atoms with E-state index >= 15 is 0 Å². The highest BCUT2D eigenvalue weighted by Crippen LogP contribution is 2.20. The molecule has 0 spiro atoms. The van der Waals surface area contributed by atoms with Crippen molar-refractivity contribution >= 4 is 29.4 Å². The summed E-state index contributed by atoms with van der Waals surface area (Å²) >= 11 is 1.44. The van der Waals surface area contributed by atoms with Gasteiger partial charge in [0.15, 0.2) is 0 Å². The van der Waals surface area contributed by atoms with Crippen LogP contribution in [0, 0.1) is 0 Å². The lowest BCUT2D eigenvalue weighted by Crippen LogP contribution is -2.53. The second-order valence-corrected chi connectivity index (χ2v) is 7.65. The van der Waals surface area contributed by atoms with Crippen molar-refractivity contribution in [2.45, 2.75) is 24.1 Å². The molecule has 3 heterocycles. The molecule has 2 fully saturated rings. The number of amides is 3. The molecule has 2 aromatic rings. The molecule has 0 saturated carbocycles. The molecule has 10 nitrogen and oxygen atoms in total. The third kappa shape index (κ3) is 4.35. The zero-order chi connectivity index (χ0) is 20.2. The van der Waals surface area contributed by atoms with Crippen molar-refractivity contribution in [3.63, 3.8) is 0 Å². The number of hydrogen-bond donors (Lipinski definition) is 1. The predicted molar refractivity (Wildman–Crippen MR) is 107 cm³/mol. The average Bonchev–Trinajstić information content (AvgIpc) is 3.45. The predicted octanol–water partition coefficient (Wildman–Crippen LogP) is 1.24. The number of carbonyl (C=O) groups excluding carboxylic acids is 2. The Morgan fingerprint density at radius 3 is 2.72 bits per heavy atom. The molecule has 0 radical (unpaired) electrons. The molecule has 2 aliphatic rings. The van der Waals surface area contributed by atoms with Gasteiger partial charge in [0.1, 0.15) is 6.10 Å². The fourth-order valence-corrected chi connectivity index (χ4v) is 3.93. The lowest BCUT2D eigenvalue weighted by atomic mass is 10.2. The fraction of sp³-hybridized carbons (Fsp3) is 0.500. The van der Waals surface area contributed by atoms with E-state index in [2.05, 4.69) is 20.8 Å². The maximum Gasteiger partial charge on any atom is 0.321 e. The molecule has 1 N–H and O–H groups in total. The summed E-state index contributed by atoms with van der Waals surface area (Å²) in [4.78, 5) is 28.6. The van der Waals surface area contributed by atoms with E-state index in [1.807, 2.05) is 30.5 Å². The van der Waals surface area contributed by atoms with Crippen molar-refractivity contribution in [1.29, 1.82) is 0 Å². The van der Waals surface area contributed by atoms with Gasteiger partial charge in [-0.3, -0.25) is 4.79 Å². The highest BCUT2D eigenvalue weighted by atomic mass is 32.2. The first kappa shape index (κ1) is 19.6. The maximum absolute atomic E-state index is 12.7. The van der Waals surface area contributed by atoms with Gasteiger partial charge in [-0.25, -0.2) is 4.79 Å². The number of tetrazole rings is 1. The summed E-state index contributed by atoms with van der Waals surface area (Å²) in [7, 11) is 0. The molecular weight excluding hydrogens is 394 g/mol. The number of aromatic nitrogens is 4. The molecule has 1 atom stereocenters. The Hall–Kier alpha value is -2.66. The lowest BCUT2D eigenvalue weighted by molar-refractivity contribution is -0.142. The van der Waals surface area contributed by atoms with Gasteiger partial charge in [0.25, 0.3) is 5.91 Å². The molecular formula is C18H23N7O3S. The number of nitrogens with zero attached hydrogens (tertiary/aromatic N) is 6. The molecule has 29 heavy (non-hydrogen) atoms. The molecule has 1 unspecified atom stereocenters. The minimum absolute atomic E-state index is 0.0429. The summed E-state index contributed by atoms with van der Waals surface area (Å²) in [5, 5.41) is 15.2. The monoisotopic (exact) mass is 417 g/mol. The number of piperazine rings is 1. The van der Waals surface area contributed by atoms with E-state index in [1.165, 1.54) is 11.8 Å². The summed E-state index contributed by atoms with van der Waals surface area (Å²) in [5.41, 5.74) is 1.43. The Bertz CT molecular complexity index is 876. The number of anilines is 1. The van der Waals surface area contributed by atoms with Crippen LogP contribution in [0.2, 0.25) is 0 Å². The summed E-state index contributed by atoms with van der Waals surface area (Å²) in [6, 6.07) is 7.18. The van der Waals surface area contributed by atoms with E-state index in [-0.39, 0.29) is 18.0 Å². The van der Waals surface area contributed by atoms with Gasteiger partial charge in [-0.15, -0.1) is 5.10 Å². The molecule has 0 bridgehead atoms. The largest absolute Gasteiger partial charge is 0.368 e. The Morgan fingerprint density at radius 2 is 2.00 bits per heavy atom. The van der Waals surface area contributed by atoms with E-state index < -0.39 is 0 Å². The standard InChI is InChI=1S/C18H23N7O3S/c1-29-18-20-21-22-25(18)14-5-2-4-13(12-14)19-17(27)24-9-7-23(8-10-24)16(26)15-6-3-11-28-15/h2,4-5,12,15H,3,6-11H2,1H3,(H,19,27). The summed E-state index contributed by atoms with van der Waals surface area (Å²) in [6.45, 7) is 2.68. The average molecular weight is 417 g/mol. The molecule has 2 aliphatic heterocycles. The summed E-state index contributed by atoms with van der Waals surface area (Å²) in [6.07, 6.45) is 3.31. The number of rotatable bonds is 4. The van der Waals surface area contributed by atoms with Crippen LogP contribution in [0.4, 0.5) is 10.5 Å². The fourth-order valence-electron chi connectivity index (χ4n) is 3.49. The van der Waals surface area contributed by atoms with Gasteiger partial charge in [0.2, 0.25) is 5.16 Å². The van der Waals surface area contributed by atoms with Gasteiger partial charge in [0.05, 0.1) is 5.69 Å². The summed E-state index contributed by atoms with van der Waals surface area (Å²) in [5.74, 6) is 0.0429. The minimum atomic E-state index is -0.310. The first-order valence-corrected chi connectivity index (χ1v) is 10.8. The number of benzene rings is 1. The van der Waals surface area contributed by atoms with Crippen molar-refractivity contribution in [3.8, 4) is 5.69 Å². The van der Waals surface area contributed by atoms with Crippen LogP contribution in [-0.2, 0) is 9.53 Å². The molecule has 4 rings (SSSR count). The minimum Gasteiger partial charge on any atom is -0.368 e. The number of urea groups is 1. The van der Waals surface area contributed by atoms with Gasteiger partial charge >= 0.3 is 6.03 Å². The number of nitrogens with one attached hydrogen (secondary N) is 1. The smallest absolute Gasteiger partial charge is 0.321 e. The van der Waals surface area contributed by atoms with Crippen LogP contribution in [0.3, 0.4) is 0 Å². The molecule has 11 heteroatoms. The Kier molecular flexibility index (Phi) is 5.95. The number of ether oxygens (including phenoxy) is 1. The first-order valence-electron chi connectivity index (χ1n) is 9.55. The van der Waals surface area contributed by atoms with Gasteiger partial charge in [-0.2, -0.15) is 4.68 Å². The van der Waals surface area contributed by atoms with Crippen molar-refractivity contribution in [2.24, 2.45) is 0 Å². The first-order chi connectivity index (χ1) is 14.2. The number of carbonyl (C=O) groups is 2. The lowest BCUT2D eigenvalue weighted by Gasteiger charge is -2.35.